The number of aliphatic hydroxyl groups excluding tert-OH is 1. The maximum absolute atomic E-state index is 11.6. The van der Waals surface area contributed by atoms with Crippen LogP contribution in [-0.2, 0) is 9.53 Å². The molecule has 1 unspecified atom stereocenters. The molecule has 0 aromatic rings. The molecular formula is C10H17NO3. The molecular weight excluding hydrogens is 182 g/mol. The number of nitrogens with zero attached hydrogens (tertiary/aromatic N) is 1. The molecule has 2 rings (SSSR count). The first-order valence-electron chi connectivity index (χ1n) is 5.18. The lowest BCUT2D eigenvalue weighted by molar-refractivity contribution is -0.136. The van der Waals surface area contributed by atoms with E-state index < -0.39 is 6.10 Å². The minimum atomic E-state index is -0.470. The largest absolute Gasteiger partial charge is 0.391 e. The van der Waals surface area contributed by atoms with Gasteiger partial charge in [0, 0.05) is 25.3 Å². The Bertz CT molecular complexity index is 236. The van der Waals surface area contributed by atoms with Gasteiger partial charge in [-0.3, -0.25) is 4.79 Å². The minimum Gasteiger partial charge on any atom is -0.391 e. The zero-order valence-corrected chi connectivity index (χ0v) is 8.53. The summed E-state index contributed by atoms with van der Waals surface area (Å²) in [4.78, 5) is 13.4. The Morgan fingerprint density at radius 3 is 2.64 bits per heavy atom. The van der Waals surface area contributed by atoms with Crippen molar-refractivity contribution in [3.63, 3.8) is 0 Å². The van der Waals surface area contributed by atoms with E-state index in [0.29, 0.717) is 6.54 Å². The highest BCUT2D eigenvalue weighted by molar-refractivity contribution is 5.79. The Morgan fingerprint density at radius 2 is 2.14 bits per heavy atom. The molecule has 2 saturated heterocycles. The van der Waals surface area contributed by atoms with Gasteiger partial charge in [-0.15, -0.1) is 0 Å². The number of ether oxygens (including phenoxy) is 1. The van der Waals surface area contributed by atoms with E-state index in [2.05, 4.69) is 6.92 Å². The van der Waals surface area contributed by atoms with Crippen molar-refractivity contribution in [1.82, 2.24) is 4.90 Å². The van der Waals surface area contributed by atoms with Crippen molar-refractivity contribution in [3.05, 3.63) is 0 Å². The van der Waals surface area contributed by atoms with E-state index in [4.69, 9.17) is 4.74 Å². The van der Waals surface area contributed by atoms with E-state index >= 15 is 0 Å². The Hall–Kier alpha value is -0.610. The average molecular weight is 199 g/mol. The van der Waals surface area contributed by atoms with Crippen molar-refractivity contribution < 1.29 is 14.6 Å². The predicted octanol–water partition coefficient (Wildman–Crippen LogP) is 0.149. The summed E-state index contributed by atoms with van der Waals surface area (Å²) in [6.45, 7) is 4.02. The van der Waals surface area contributed by atoms with Gasteiger partial charge in [-0.05, 0) is 19.8 Å². The molecule has 1 N–H and O–H groups in total. The molecule has 80 valence electrons. The molecule has 0 saturated carbocycles. The summed E-state index contributed by atoms with van der Waals surface area (Å²) in [6.07, 6.45) is 1.58. The molecule has 0 aromatic carbocycles. The first-order valence-corrected chi connectivity index (χ1v) is 5.18. The monoisotopic (exact) mass is 199 g/mol. The topological polar surface area (TPSA) is 49.8 Å². The molecule has 0 bridgehead atoms. The molecule has 1 atom stereocenters. The number of likely N-dealkylation sites (tertiary alicyclic amines) is 1. The first kappa shape index (κ1) is 9.93. The lowest BCUT2D eigenvalue weighted by Crippen LogP contribution is -2.50. The van der Waals surface area contributed by atoms with Crippen LogP contribution in [0.2, 0.25) is 0 Å². The maximum Gasteiger partial charge on any atom is 0.225 e. The molecule has 4 heteroatoms. The second kappa shape index (κ2) is 3.51. The van der Waals surface area contributed by atoms with E-state index in [1.165, 1.54) is 0 Å². The zero-order chi connectivity index (χ0) is 10.2. The van der Waals surface area contributed by atoms with E-state index in [1.807, 2.05) is 4.90 Å². The number of amides is 1. The van der Waals surface area contributed by atoms with E-state index in [0.717, 1.165) is 26.1 Å². The van der Waals surface area contributed by atoms with Gasteiger partial charge in [0.2, 0.25) is 5.91 Å². The van der Waals surface area contributed by atoms with Gasteiger partial charge in [0.15, 0.2) is 0 Å². The van der Waals surface area contributed by atoms with Crippen LogP contribution in [0.3, 0.4) is 0 Å². The Kier molecular flexibility index (Phi) is 2.49. The third kappa shape index (κ3) is 1.64. The molecule has 2 fully saturated rings. The van der Waals surface area contributed by atoms with Crippen LogP contribution in [0.5, 0.6) is 0 Å². The summed E-state index contributed by atoms with van der Waals surface area (Å²) >= 11 is 0. The number of hydrogen-bond acceptors (Lipinski definition) is 3. The summed E-state index contributed by atoms with van der Waals surface area (Å²) in [7, 11) is 0. The van der Waals surface area contributed by atoms with Crippen LogP contribution in [0.1, 0.15) is 26.2 Å². The van der Waals surface area contributed by atoms with Gasteiger partial charge < -0.3 is 14.7 Å². The predicted molar refractivity (Wildman–Crippen MR) is 50.8 cm³/mol. The second-order valence-corrected chi connectivity index (χ2v) is 4.47. The van der Waals surface area contributed by atoms with Crippen molar-refractivity contribution in [2.45, 2.75) is 37.8 Å². The Labute approximate surface area is 83.8 Å². The third-order valence-electron chi connectivity index (χ3n) is 3.33. The van der Waals surface area contributed by atoms with Crippen LogP contribution in [0, 0.1) is 0 Å². The maximum atomic E-state index is 11.6. The molecule has 1 amide bonds. The molecule has 2 aliphatic heterocycles. The lowest BCUT2D eigenvalue weighted by atomic mass is 9.90. The van der Waals surface area contributed by atoms with Gasteiger partial charge in [0.05, 0.1) is 12.5 Å². The second-order valence-electron chi connectivity index (χ2n) is 4.47. The van der Waals surface area contributed by atoms with Gasteiger partial charge >= 0.3 is 0 Å². The van der Waals surface area contributed by atoms with Crippen LogP contribution in [-0.4, -0.2) is 47.3 Å². The molecule has 2 heterocycles. The first-order chi connectivity index (χ1) is 6.62. The highest BCUT2D eigenvalue weighted by Gasteiger charge is 2.41. The molecule has 0 aliphatic carbocycles. The normalized spacial score (nSPS) is 32.3. The Morgan fingerprint density at radius 1 is 1.50 bits per heavy atom. The molecule has 0 aromatic heterocycles. The number of carbonyl (C=O) groups excluding carboxylic acids is 1. The van der Waals surface area contributed by atoms with E-state index in [9.17, 15) is 9.90 Å². The van der Waals surface area contributed by atoms with Crippen molar-refractivity contribution in [3.8, 4) is 0 Å². The van der Waals surface area contributed by atoms with Crippen molar-refractivity contribution in [2.75, 3.05) is 19.8 Å². The van der Waals surface area contributed by atoms with Gasteiger partial charge in [-0.1, -0.05) is 0 Å². The minimum absolute atomic E-state index is 0.0851. The van der Waals surface area contributed by atoms with Crippen molar-refractivity contribution in [1.29, 1.82) is 0 Å². The quantitative estimate of drug-likeness (QED) is 0.654. The lowest BCUT2D eigenvalue weighted by Gasteiger charge is -2.41. The molecule has 2 aliphatic rings. The van der Waals surface area contributed by atoms with Gasteiger partial charge in [-0.2, -0.15) is 0 Å². The average Bonchev–Trinajstić information content (AvgIpc) is 2.47. The standard InChI is InChI=1S/C10H17NO3/c1-10(2-4-14-5-3-10)11-7-8(12)6-9(11)13/h8,12H,2-7H2,1H3. The molecule has 4 nitrogen and oxygen atoms in total. The van der Waals surface area contributed by atoms with Gasteiger partial charge in [-0.25, -0.2) is 0 Å². The van der Waals surface area contributed by atoms with Crippen LogP contribution >= 0.6 is 0 Å². The third-order valence-corrected chi connectivity index (χ3v) is 3.33. The van der Waals surface area contributed by atoms with E-state index in [-0.39, 0.29) is 17.9 Å². The van der Waals surface area contributed by atoms with Crippen molar-refractivity contribution >= 4 is 5.91 Å². The number of aliphatic hydroxyl groups is 1. The molecule has 0 radical (unpaired) electrons. The van der Waals surface area contributed by atoms with E-state index in [1.54, 1.807) is 0 Å². The van der Waals surface area contributed by atoms with Crippen LogP contribution in [0.15, 0.2) is 0 Å². The number of rotatable bonds is 1. The van der Waals surface area contributed by atoms with Gasteiger partial charge in [0.25, 0.3) is 0 Å². The fourth-order valence-electron chi connectivity index (χ4n) is 2.29. The van der Waals surface area contributed by atoms with Gasteiger partial charge in [0.1, 0.15) is 0 Å². The number of hydrogen-bond donors (Lipinski definition) is 1. The fraction of sp³-hybridized carbons (Fsp3) is 0.900. The summed E-state index contributed by atoms with van der Waals surface area (Å²) < 4.78 is 5.29. The number of β-amino-alcohol motifs (C(OH)–C–C–N with tert-alkyl or cyclic N) is 1. The summed E-state index contributed by atoms with van der Waals surface area (Å²) in [5, 5.41) is 9.42. The summed E-state index contributed by atoms with van der Waals surface area (Å²) in [6, 6.07) is 0. The SMILES string of the molecule is CC1(N2CC(O)CC2=O)CCOCC1. The van der Waals surface area contributed by atoms with Crippen LogP contribution in [0.4, 0.5) is 0 Å². The smallest absolute Gasteiger partial charge is 0.225 e. The Balaban J connectivity index is 2.09. The molecule has 14 heavy (non-hydrogen) atoms. The zero-order valence-electron chi connectivity index (χ0n) is 8.53. The van der Waals surface area contributed by atoms with Crippen LogP contribution < -0.4 is 0 Å². The highest BCUT2D eigenvalue weighted by atomic mass is 16.5. The van der Waals surface area contributed by atoms with Crippen molar-refractivity contribution in [2.24, 2.45) is 0 Å². The molecule has 0 spiro atoms. The summed E-state index contributed by atoms with van der Waals surface area (Å²) in [5.74, 6) is 0.0851. The highest BCUT2D eigenvalue weighted by Crippen LogP contribution is 2.31. The van der Waals surface area contributed by atoms with Crippen LogP contribution in [0.25, 0.3) is 0 Å². The summed E-state index contributed by atoms with van der Waals surface area (Å²) in [5.41, 5.74) is -0.0905. The number of carbonyl (C=O) groups is 1. The fourth-order valence-corrected chi connectivity index (χ4v) is 2.29.